The van der Waals surface area contributed by atoms with Crippen LogP contribution in [0.3, 0.4) is 0 Å². The lowest BCUT2D eigenvalue weighted by atomic mass is 10.2. The normalized spacial score (nSPS) is 11.5. The highest BCUT2D eigenvalue weighted by Gasteiger charge is 2.06. The molecule has 142 valence electrons. The second-order valence-corrected chi connectivity index (χ2v) is 5.68. The van der Waals surface area contributed by atoms with Gasteiger partial charge in [-0.2, -0.15) is 0 Å². The summed E-state index contributed by atoms with van der Waals surface area (Å²) in [5.74, 6) is 2.34. The molecule has 0 bridgehead atoms. The fourth-order valence-corrected chi connectivity index (χ4v) is 2.35. The number of methoxy groups -OCH3 is 3. The molecule has 0 aliphatic carbocycles. The first-order valence-electron chi connectivity index (χ1n) is 8.47. The van der Waals surface area contributed by atoms with E-state index in [1.807, 2.05) is 18.2 Å². The van der Waals surface area contributed by atoms with Crippen molar-refractivity contribution in [1.29, 1.82) is 0 Å². The van der Waals surface area contributed by atoms with Crippen molar-refractivity contribution in [2.24, 2.45) is 4.99 Å². The minimum Gasteiger partial charge on any atom is -0.497 e. The molecule has 2 N–H and O–H groups in total. The van der Waals surface area contributed by atoms with Crippen LogP contribution in [0, 0.1) is 0 Å². The lowest BCUT2D eigenvalue weighted by molar-refractivity contribution is 0.180. The second kappa shape index (κ2) is 12.4. The van der Waals surface area contributed by atoms with Gasteiger partial charge >= 0.3 is 0 Å². The summed E-state index contributed by atoms with van der Waals surface area (Å²) in [5, 5.41) is 6.62. The Kier molecular flexibility index (Phi) is 10.4. The lowest BCUT2D eigenvalue weighted by Crippen LogP contribution is -2.40. The molecule has 0 aliphatic rings. The van der Waals surface area contributed by atoms with Crippen LogP contribution < -0.4 is 20.1 Å². The first-order valence-corrected chi connectivity index (χ1v) is 8.47. The highest BCUT2D eigenvalue weighted by molar-refractivity contribution is 5.79. The average molecular weight is 352 g/mol. The predicted octanol–water partition coefficient (Wildman–Crippen LogP) is 1.34. The molecule has 0 amide bonds. The van der Waals surface area contributed by atoms with Crippen molar-refractivity contribution in [2.45, 2.75) is 13.0 Å². The summed E-state index contributed by atoms with van der Waals surface area (Å²) in [6, 6.07) is 5.79. The van der Waals surface area contributed by atoms with Crippen molar-refractivity contribution in [3.05, 3.63) is 23.8 Å². The van der Waals surface area contributed by atoms with Crippen LogP contribution >= 0.6 is 0 Å². The molecule has 0 heterocycles. The summed E-state index contributed by atoms with van der Waals surface area (Å²) in [6.07, 6.45) is 1.04. The van der Waals surface area contributed by atoms with Crippen LogP contribution in [0.4, 0.5) is 0 Å². The SMILES string of the molecule is CN=C(NCCN(C)CCCOC)NCc1ccc(OC)cc1OC. The van der Waals surface area contributed by atoms with Gasteiger partial charge in [0, 0.05) is 58.6 Å². The Morgan fingerprint density at radius 3 is 2.56 bits per heavy atom. The third-order valence-corrected chi connectivity index (χ3v) is 3.84. The van der Waals surface area contributed by atoms with Crippen molar-refractivity contribution in [2.75, 3.05) is 61.7 Å². The van der Waals surface area contributed by atoms with E-state index in [0.717, 1.165) is 55.7 Å². The average Bonchev–Trinajstić information content (AvgIpc) is 2.64. The quantitative estimate of drug-likeness (QED) is 0.356. The number of nitrogens with one attached hydrogen (secondary N) is 2. The fraction of sp³-hybridized carbons (Fsp3) is 0.611. The highest BCUT2D eigenvalue weighted by Crippen LogP contribution is 2.24. The van der Waals surface area contributed by atoms with Crippen molar-refractivity contribution < 1.29 is 14.2 Å². The van der Waals surface area contributed by atoms with Crippen molar-refractivity contribution >= 4 is 5.96 Å². The van der Waals surface area contributed by atoms with Gasteiger partial charge in [-0.3, -0.25) is 4.99 Å². The highest BCUT2D eigenvalue weighted by atomic mass is 16.5. The number of hydrogen-bond donors (Lipinski definition) is 2. The van der Waals surface area contributed by atoms with E-state index in [4.69, 9.17) is 14.2 Å². The summed E-state index contributed by atoms with van der Waals surface area (Å²) in [4.78, 5) is 6.52. The van der Waals surface area contributed by atoms with Gasteiger partial charge < -0.3 is 29.7 Å². The van der Waals surface area contributed by atoms with Gasteiger partial charge in [-0.25, -0.2) is 0 Å². The number of rotatable bonds is 11. The third kappa shape index (κ3) is 8.09. The molecule has 0 unspecified atom stereocenters. The largest absolute Gasteiger partial charge is 0.497 e. The van der Waals surface area contributed by atoms with Gasteiger partial charge in [0.25, 0.3) is 0 Å². The smallest absolute Gasteiger partial charge is 0.191 e. The van der Waals surface area contributed by atoms with Gasteiger partial charge in [0.2, 0.25) is 0 Å². The lowest BCUT2D eigenvalue weighted by Gasteiger charge is -2.18. The van der Waals surface area contributed by atoms with Crippen molar-refractivity contribution in [3.63, 3.8) is 0 Å². The minimum atomic E-state index is 0.622. The van der Waals surface area contributed by atoms with E-state index in [0.29, 0.717) is 6.54 Å². The van der Waals surface area contributed by atoms with Gasteiger partial charge in [-0.05, 0) is 25.6 Å². The van der Waals surface area contributed by atoms with E-state index in [9.17, 15) is 0 Å². The van der Waals surface area contributed by atoms with Crippen LogP contribution in [-0.4, -0.2) is 72.5 Å². The third-order valence-electron chi connectivity index (χ3n) is 3.84. The summed E-state index contributed by atoms with van der Waals surface area (Å²) in [6.45, 7) is 4.20. The minimum absolute atomic E-state index is 0.622. The maximum atomic E-state index is 5.42. The number of guanidine groups is 1. The molecule has 0 aliphatic heterocycles. The zero-order valence-electron chi connectivity index (χ0n) is 16.1. The summed E-state index contributed by atoms with van der Waals surface area (Å²) in [5.41, 5.74) is 1.04. The van der Waals surface area contributed by atoms with E-state index < -0.39 is 0 Å². The van der Waals surface area contributed by atoms with Gasteiger partial charge in [0.1, 0.15) is 11.5 Å². The van der Waals surface area contributed by atoms with Crippen molar-refractivity contribution in [3.8, 4) is 11.5 Å². The molecule has 0 saturated carbocycles. The molecule has 25 heavy (non-hydrogen) atoms. The standard InChI is InChI=1S/C18H32N4O3/c1-19-18(20-9-11-22(2)10-6-12-23-3)21-14-15-7-8-16(24-4)13-17(15)25-5/h7-8,13H,6,9-12,14H2,1-5H3,(H2,19,20,21). The van der Waals surface area contributed by atoms with E-state index in [2.05, 4.69) is 27.6 Å². The molecule has 0 atom stereocenters. The Bertz CT molecular complexity index is 523. The molecule has 1 aromatic carbocycles. The summed E-state index contributed by atoms with van der Waals surface area (Å²) >= 11 is 0. The number of likely N-dealkylation sites (N-methyl/N-ethyl adjacent to an activating group) is 1. The first-order chi connectivity index (χ1) is 12.1. The number of nitrogens with zero attached hydrogens (tertiary/aromatic N) is 2. The Morgan fingerprint density at radius 1 is 1.12 bits per heavy atom. The number of ether oxygens (including phenoxy) is 3. The predicted molar refractivity (Wildman–Crippen MR) is 102 cm³/mol. The topological polar surface area (TPSA) is 67.4 Å². The van der Waals surface area contributed by atoms with Crippen LogP contribution in [0.1, 0.15) is 12.0 Å². The molecule has 0 fully saturated rings. The second-order valence-electron chi connectivity index (χ2n) is 5.68. The molecule has 1 rings (SSSR count). The number of aliphatic imine (C=N–C) groups is 1. The Labute approximate surface area is 151 Å². The Morgan fingerprint density at radius 2 is 1.92 bits per heavy atom. The fourth-order valence-electron chi connectivity index (χ4n) is 2.35. The molecule has 1 aromatic rings. The van der Waals surface area contributed by atoms with E-state index in [1.54, 1.807) is 28.4 Å². The molecule has 0 aromatic heterocycles. The number of benzene rings is 1. The monoisotopic (exact) mass is 352 g/mol. The maximum Gasteiger partial charge on any atom is 0.191 e. The van der Waals surface area contributed by atoms with E-state index >= 15 is 0 Å². The Hall–Kier alpha value is -1.99. The van der Waals surface area contributed by atoms with E-state index in [1.165, 1.54) is 0 Å². The molecule has 7 nitrogen and oxygen atoms in total. The van der Waals surface area contributed by atoms with Crippen LogP contribution in [-0.2, 0) is 11.3 Å². The van der Waals surface area contributed by atoms with Crippen LogP contribution in [0.15, 0.2) is 23.2 Å². The molecule has 0 saturated heterocycles. The number of hydrogen-bond acceptors (Lipinski definition) is 5. The molecular weight excluding hydrogens is 320 g/mol. The van der Waals surface area contributed by atoms with Gasteiger partial charge in [-0.1, -0.05) is 0 Å². The summed E-state index contributed by atoms with van der Waals surface area (Å²) in [7, 11) is 8.91. The van der Waals surface area contributed by atoms with Gasteiger partial charge in [0.05, 0.1) is 14.2 Å². The van der Waals surface area contributed by atoms with Crippen LogP contribution in [0.5, 0.6) is 11.5 Å². The van der Waals surface area contributed by atoms with Crippen molar-refractivity contribution in [1.82, 2.24) is 15.5 Å². The zero-order valence-corrected chi connectivity index (χ0v) is 16.1. The molecular formula is C18H32N4O3. The van der Waals surface area contributed by atoms with Crippen LogP contribution in [0.25, 0.3) is 0 Å². The zero-order chi connectivity index (χ0) is 18.5. The molecule has 7 heteroatoms. The van der Waals surface area contributed by atoms with Gasteiger partial charge in [-0.15, -0.1) is 0 Å². The van der Waals surface area contributed by atoms with E-state index in [-0.39, 0.29) is 0 Å². The molecule has 0 spiro atoms. The van der Waals surface area contributed by atoms with Crippen LogP contribution in [0.2, 0.25) is 0 Å². The first kappa shape index (κ1) is 21.1. The molecule has 0 radical (unpaired) electrons. The van der Waals surface area contributed by atoms with Gasteiger partial charge in [0.15, 0.2) is 5.96 Å². The maximum absolute atomic E-state index is 5.42. The summed E-state index contributed by atoms with van der Waals surface area (Å²) < 4.78 is 15.7. The Balaban J connectivity index is 2.39.